The van der Waals surface area contributed by atoms with Crippen LogP contribution in [0.25, 0.3) is 0 Å². The zero-order valence-electron chi connectivity index (χ0n) is 6.72. The van der Waals surface area contributed by atoms with E-state index in [1.807, 2.05) is 6.08 Å². The van der Waals surface area contributed by atoms with Crippen molar-refractivity contribution in [3.8, 4) is 0 Å². The van der Waals surface area contributed by atoms with Gasteiger partial charge in [-0.1, -0.05) is 12.2 Å². The summed E-state index contributed by atoms with van der Waals surface area (Å²) in [4.78, 5) is 21.1. The van der Waals surface area contributed by atoms with E-state index in [2.05, 4.69) is 0 Å². The Labute approximate surface area is 79.7 Å². The Morgan fingerprint density at radius 1 is 1.62 bits per heavy atom. The predicted octanol–water partition coefficient (Wildman–Crippen LogP) is 1.01. The fraction of sp³-hybridized carbons (Fsp3) is 0.625. The lowest BCUT2D eigenvalue weighted by molar-refractivity contribution is -0.553. The summed E-state index contributed by atoms with van der Waals surface area (Å²) in [5.41, 5.74) is -1.57. The summed E-state index contributed by atoms with van der Waals surface area (Å²) in [7, 11) is 0. The topological polar surface area (TPSA) is 60.2 Å². The summed E-state index contributed by atoms with van der Waals surface area (Å²) in [5, 5.41) is 10.1. The SMILES string of the molecule is O=C[C@@]1([N+](=O)[O-])[C@@H]2C=C[C@@H](C2)[C@H]1Cl. The average molecular weight is 202 g/mol. The number of fused-ring (bicyclic) bond motifs is 2. The van der Waals surface area contributed by atoms with Crippen molar-refractivity contribution in [1.29, 1.82) is 0 Å². The fourth-order valence-electron chi connectivity index (χ4n) is 2.27. The van der Waals surface area contributed by atoms with Crippen LogP contribution >= 0.6 is 11.6 Å². The van der Waals surface area contributed by atoms with Gasteiger partial charge in [0.05, 0.1) is 5.92 Å². The van der Waals surface area contributed by atoms with Gasteiger partial charge in [-0.25, -0.2) is 0 Å². The molecule has 0 aliphatic heterocycles. The number of aldehydes is 1. The number of nitrogens with zero attached hydrogens (tertiary/aromatic N) is 1. The van der Waals surface area contributed by atoms with Crippen LogP contribution in [0, 0.1) is 22.0 Å². The number of carbonyl (C=O) groups excluding carboxylic acids is 1. The van der Waals surface area contributed by atoms with Crippen molar-refractivity contribution < 1.29 is 9.72 Å². The highest BCUT2D eigenvalue weighted by Gasteiger charge is 2.65. The maximum Gasteiger partial charge on any atom is 0.298 e. The zero-order valence-corrected chi connectivity index (χ0v) is 7.48. The Kier molecular flexibility index (Phi) is 1.70. The molecule has 0 aromatic carbocycles. The van der Waals surface area contributed by atoms with Crippen molar-refractivity contribution in [1.82, 2.24) is 0 Å². The highest BCUT2D eigenvalue weighted by atomic mass is 35.5. The van der Waals surface area contributed by atoms with Crippen LogP contribution in [-0.4, -0.2) is 22.1 Å². The lowest BCUT2D eigenvalue weighted by Gasteiger charge is -2.24. The molecule has 0 spiro atoms. The molecule has 0 radical (unpaired) electrons. The number of carbonyl (C=O) groups is 1. The van der Waals surface area contributed by atoms with E-state index >= 15 is 0 Å². The van der Waals surface area contributed by atoms with Gasteiger partial charge in [0, 0.05) is 10.8 Å². The largest absolute Gasteiger partial charge is 0.298 e. The number of hydrogen-bond acceptors (Lipinski definition) is 3. The predicted molar refractivity (Wildman–Crippen MR) is 46.2 cm³/mol. The molecule has 13 heavy (non-hydrogen) atoms. The first-order chi connectivity index (χ1) is 6.13. The minimum Gasteiger partial charge on any atom is -0.295 e. The van der Waals surface area contributed by atoms with Crippen LogP contribution in [0.5, 0.6) is 0 Å². The molecule has 0 amide bonds. The molecule has 2 rings (SSSR count). The summed E-state index contributed by atoms with van der Waals surface area (Å²) in [6.07, 6.45) is 4.64. The Hall–Kier alpha value is -0.900. The van der Waals surface area contributed by atoms with Crippen molar-refractivity contribution in [3.63, 3.8) is 0 Å². The molecule has 5 heteroatoms. The van der Waals surface area contributed by atoms with Crippen LogP contribution < -0.4 is 0 Å². The van der Waals surface area contributed by atoms with E-state index in [0.717, 1.165) is 0 Å². The Balaban J connectivity index is 2.47. The Morgan fingerprint density at radius 2 is 2.31 bits per heavy atom. The highest BCUT2D eigenvalue weighted by molar-refractivity contribution is 6.23. The summed E-state index contributed by atoms with van der Waals surface area (Å²) in [5.74, 6) is -0.324. The number of allylic oxidation sites excluding steroid dienone is 1. The molecule has 1 saturated carbocycles. The van der Waals surface area contributed by atoms with Crippen molar-refractivity contribution in [2.45, 2.75) is 17.3 Å². The van der Waals surface area contributed by atoms with Crippen LogP contribution in [0.4, 0.5) is 0 Å². The monoisotopic (exact) mass is 201 g/mol. The first-order valence-electron chi connectivity index (χ1n) is 4.06. The molecule has 70 valence electrons. The van der Waals surface area contributed by atoms with Crippen LogP contribution in [0.3, 0.4) is 0 Å². The van der Waals surface area contributed by atoms with Crippen molar-refractivity contribution in [2.24, 2.45) is 11.8 Å². The second kappa shape index (κ2) is 2.54. The van der Waals surface area contributed by atoms with Gasteiger partial charge in [-0.2, -0.15) is 0 Å². The van der Waals surface area contributed by atoms with Gasteiger partial charge < -0.3 is 0 Å². The zero-order chi connectivity index (χ0) is 9.64. The molecule has 0 aromatic rings. The summed E-state index contributed by atoms with van der Waals surface area (Å²) in [6, 6.07) is 0. The Morgan fingerprint density at radius 3 is 2.62 bits per heavy atom. The van der Waals surface area contributed by atoms with Gasteiger partial charge in [0.15, 0.2) is 6.29 Å². The van der Waals surface area contributed by atoms with Gasteiger partial charge in [-0.3, -0.25) is 14.9 Å². The van der Waals surface area contributed by atoms with Gasteiger partial charge in [0.1, 0.15) is 5.38 Å². The van der Waals surface area contributed by atoms with Gasteiger partial charge in [0.2, 0.25) is 0 Å². The van der Waals surface area contributed by atoms with Gasteiger partial charge in [0.25, 0.3) is 5.54 Å². The van der Waals surface area contributed by atoms with Gasteiger partial charge in [-0.15, -0.1) is 11.6 Å². The number of nitro groups is 1. The molecule has 4 nitrogen and oxygen atoms in total. The van der Waals surface area contributed by atoms with Gasteiger partial charge >= 0.3 is 0 Å². The Bertz CT molecular complexity index is 304. The lowest BCUT2D eigenvalue weighted by atomic mass is 9.86. The van der Waals surface area contributed by atoms with E-state index in [1.54, 1.807) is 6.08 Å². The van der Waals surface area contributed by atoms with E-state index in [1.165, 1.54) is 0 Å². The first kappa shape index (κ1) is 8.69. The number of rotatable bonds is 2. The molecule has 2 aliphatic rings. The molecule has 0 saturated heterocycles. The number of hydrogen-bond donors (Lipinski definition) is 0. The smallest absolute Gasteiger partial charge is 0.295 e. The summed E-state index contributed by atoms with van der Waals surface area (Å²) >= 11 is 5.90. The highest BCUT2D eigenvalue weighted by Crippen LogP contribution is 2.49. The van der Waals surface area contributed by atoms with E-state index in [-0.39, 0.29) is 11.8 Å². The van der Waals surface area contributed by atoms with E-state index in [4.69, 9.17) is 11.6 Å². The molecule has 2 aliphatic carbocycles. The number of alkyl halides is 1. The fourth-order valence-corrected chi connectivity index (χ4v) is 2.75. The minimum atomic E-state index is -1.57. The van der Waals surface area contributed by atoms with Crippen LogP contribution in [0.15, 0.2) is 12.2 Å². The van der Waals surface area contributed by atoms with Crippen molar-refractivity contribution in [2.75, 3.05) is 0 Å². The molecule has 0 N–H and O–H groups in total. The number of halogens is 1. The average Bonchev–Trinajstić information content (AvgIpc) is 2.63. The minimum absolute atomic E-state index is 0.0118. The molecular weight excluding hydrogens is 194 g/mol. The molecule has 0 aromatic heterocycles. The first-order valence-corrected chi connectivity index (χ1v) is 4.49. The van der Waals surface area contributed by atoms with Gasteiger partial charge in [-0.05, 0) is 6.42 Å². The third-order valence-corrected chi connectivity index (χ3v) is 3.71. The lowest BCUT2D eigenvalue weighted by Crippen LogP contribution is -2.51. The quantitative estimate of drug-likeness (QED) is 0.220. The van der Waals surface area contributed by atoms with E-state index < -0.39 is 15.8 Å². The second-order valence-corrected chi connectivity index (χ2v) is 4.03. The van der Waals surface area contributed by atoms with Crippen LogP contribution in [0.1, 0.15) is 6.42 Å². The maximum atomic E-state index is 10.8. The third kappa shape index (κ3) is 0.839. The second-order valence-electron chi connectivity index (χ2n) is 3.55. The molecule has 2 bridgehead atoms. The van der Waals surface area contributed by atoms with Crippen LogP contribution in [-0.2, 0) is 4.79 Å². The third-order valence-electron chi connectivity index (χ3n) is 3.03. The van der Waals surface area contributed by atoms with Crippen molar-refractivity contribution >= 4 is 17.9 Å². The molecule has 1 fully saturated rings. The van der Waals surface area contributed by atoms with Crippen LogP contribution in [0.2, 0.25) is 0 Å². The van der Waals surface area contributed by atoms with Crippen molar-refractivity contribution in [3.05, 3.63) is 22.3 Å². The van der Waals surface area contributed by atoms with E-state index in [0.29, 0.717) is 12.7 Å². The van der Waals surface area contributed by atoms with E-state index in [9.17, 15) is 14.9 Å². The normalized spacial score (nSPS) is 46.7. The summed E-state index contributed by atoms with van der Waals surface area (Å²) < 4.78 is 0. The maximum absolute atomic E-state index is 10.8. The standard InChI is InChI=1S/C8H8ClNO3/c9-7-5-1-2-6(3-5)8(7,4-11)10(12)13/h1-2,4-7H,3H2/t5-,6+,7+,8+/m0/s1. The molecule has 0 unspecified atom stereocenters. The summed E-state index contributed by atoms with van der Waals surface area (Å²) in [6.45, 7) is 0. The molecule has 4 atom stereocenters. The molecular formula is C8H8ClNO3. The molecule has 0 heterocycles.